The van der Waals surface area contributed by atoms with Gasteiger partial charge in [0.05, 0.1) is 0 Å². The van der Waals surface area contributed by atoms with Crippen molar-refractivity contribution in [1.82, 2.24) is 0 Å². The number of rotatable bonds is 4. The molecule has 0 atom stereocenters. The fourth-order valence-electron chi connectivity index (χ4n) is 7.18. The van der Waals surface area contributed by atoms with Crippen LogP contribution in [0.1, 0.15) is 0 Å². The van der Waals surface area contributed by atoms with Crippen molar-refractivity contribution >= 4 is 27.8 Å². The molecule has 47 heavy (non-hydrogen) atoms. The van der Waals surface area contributed by atoms with Crippen LogP contribution in [0.25, 0.3) is 66.4 Å². The topological polar surface area (TPSA) is 3.24 Å². The lowest BCUT2D eigenvalue weighted by Crippen LogP contribution is -2.10. The van der Waals surface area contributed by atoms with Gasteiger partial charge in [-0.15, -0.1) is 0 Å². The first-order chi connectivity index (χ1) is 23.3. The fourth-order valence-corrected chi connectivity index (χ4v) is 7.18. The van der Waals surface area contributed by atoms with E-state index in [-0.39, 0.29) is 0 Å². The first kappa shape index (κ1) is 27.2. The maximum absolute atomic E-state index is 2.39. The van der Waals surface area contributed by atoms with Crippen molar-refractivity contribution in [3.63, 3.8) is 0 Å². The quantitative estimate of drug-likeness (QED) is 0.195. The molecule has 1 aliphatic rings. The van der Waals surface area contributed by atoms with Gasteiger partial charge in [-0.3, -0.25) is 0 Å². The van der Waals surface area contributed by atoms with Crippen LogP contribution in [0.4, 0.5) is 17.1 Å². The highest BCUT2D eigenvalue weighted by Gasteiger charge is 2.23. The second-order valence-corrected chi connectivity index (χ2v) is 12.1. The summed E-state index contributed by atoms with van der Waals surface area (Å²) in [4.78, 5) is 2.39. The third kappa shape index (κ3) is 4.72. The van der Waals surface area contributed by atoms with E-state index < -0.39 is 0 Å². The van der Waals surface area contributed by atoms with Crippen molar-refractivity contribution < 1.29 is 0 Å². The molecule has 0 fully saturated rings. The van der Waals surface area contributed by atoms with E-state index in [9.17, 15) is 0 Å². The summed E-state index contributed by atoms with van der Waals surface area (Å²) in [5.74, 6) is 0. The van der Waals surface area contributed by atoms with E-state index in [1.54, 1.807) is 0 Å². The van der Waals surface area contributed by atoms with Gasteiger partial charge in [0.1, 0.15) is 0 Å². The highest BCUT2D eigenvalue weighted by molar-refractivity contribution is 6.04. The molecule has 0 aromatic heterocycles. The molecule has 1 nitrogen and oxygen atoms in total. The summed E-state index contributed by atoms with van der Waals surface area (Å²) >= 11 is 0. The summed E-state index contributed by atoms with van der Waals surface area (Å²) in [7, 11) is 0. The Balaban J connectivity index is 1.28. The molecule has 8 aromatic carbocycles. The molecule has 0 heterocycles. The van der Waals surface area contributed by atoms with Crippen molar-refractivity contribution in [2.75, 3.05) is 4.90 Å². The van der Waals surface area contributed by atoms with Crippen molar-refractivity contribution in [2.45, 2.75) is 0 Å². The van der Waals surface area contributed by atoms with Crippen LogP contribution in [-0.2, 0) is 0 Å². The standard InChI is InChI=1S/C46H31N/c1-2-12-32(13-3-1)34-22-25-36(26-23-34)47(37-27-24-33-14-4-5-15-35(33)30-37)38-28-29-45-43-20-9-8-18-41(43)39-16-6-7-17-40(39)42-19-10-11-21-44(42)46(45)31-38/h1-31H. The Bertz CT molecular complexity index is 2400. The number of fused-ring (bicyclic) bond motifs is 9. The molecular formula is C46H31N. The van der Waals surface area contributed by atoms with Gasteiger partial charge < -0.3 is 4.90 Å². The van der Waals surface area contributed by atoms with Gasteiger partial charge in [0.15, 0.2) is 0 Å². The third-order valence-electron chi connectivity index (χ3n) is 9.43. The van der Waals surface area contributed by atoms with E-state index in [4.69, 9.17) is 0 Å². The van der Waals surface area contributed by atoms with Crippen LogP contribution in [0.3, 0.4) is 0 Å². The Morgan fingerprint density at radius 3 is 1.23 bits per heavy atom. The van der Waals surface area contributed by atoms with Crippen LogP contribution in [0.2, 0.25) is 0 Å². The minimum atomic E-state index is 1.12. The predicted octanol–water partition coefficient (Wildman–Crippen LogP) is 13.0. The lowest BCUT2D eigenvalue weighted by Gasteiger charge is -2.28. The predicted molar refractivity (Wildman–Crippen MR) is 199 cm³/mol. The highest BCUT2D eigenvalue weighted by Crippen LogP contribution is 2.49. The molecule has 1 aliphatic carbocycles. The molecule has 0 radical (unpaired) electrons. The van der Waals surface area contributed by atoms with Gasteiger partial charge in [0.2, 0.25) is 0 Å². The van der Waals surface area contributed by atoms with Crippen LogP contribution in [0, 0.1) is 0 Å². The van der Waals surface area contributed by atoms with Crippen molar-refractivity contribution in [3.8, 4) is 55.6 Å². The summed E-state index contributed by atoms with van der Waals surface area (Å²) < 4.78 is 0. The van der Waals surface area contributed by atoms with Gasteiger partial charge in [-0.25, -0.2) is 0 Å². The van der Waals surface area contributed by atoms with Gasteiger partial charge in [-0.05, 0) is 103 Å². The summed E-state index contributed by atoms with van der Waals surface area (Å²) in [6.45, 7) is 0. The molecule has 0 N–H and O–H groups in total. The van der Waals surface area contributed by atoms with Gasteiger partial charge in [-0.1, -0.05) is 152 Å². The van der Waals surface area contributed by atoms with E-state index in [2.05, 4.69) is 193 Å². The Hall–Kier alpha value is -6.18. The average molecular weight is 598 g/mol. The first-order valence-corrected chi connectivity index (χ1v) is 16.2. The smallest absolute Gasteiger partial charge is 0.0468 e. The Labute approximate surface area is 275 Å². The molecule has 0 saturated carbocycles. The fraction of sp³-hybridized carbons (Fsp3) is 0. The number of anilines is 3. The Morgan fingerprint density at radius 2 is 0.638 bits per heavy atom. The van der Waals surface area contributed by atoms with E-state index in [0.717, 1.165) is 17.1 Å². The SMILES string of the molecule is c1ccc(-c2ccc(N(c3ccc4c(c3)-c3ccccc3-c3ccccc3-c3ccccc3-4)c3ccc4ccccc4c3)cc2)cc1. The summed E-state index contributed by atoms with van der Waals surface area (Å²) in [6.07, 6.45) is 0. The maximum atomic E-state index is 2.39. The summed E-state index contributed by atoms with van der Waals surface area (Å²) in [5, 5.41) is 2.45. The van der Waals surface area contributed by atoms with Crippen molar-refractivity contribution in [1.29, 1.82) is 0 Å². The van der Waals surface area contributed by atoms with E-state index in [1.165, 1.54) is 66.4 Å². The average Bonchev–Trinajstić information content (AvgIpc) is 3.15. The molecule has 220 valence electrons. The van der Waals surface area contributed by atoms with E-state index >= 15 is 0 Å². The molecular weight excluding hydrogens is 567 g/mol. The largest absolute Gasteiger partial charge is 0.310 e. The molecule has 1 heteroatoms. The zero-order valence-corrected chi connectivity index (χ0v) is 25.8. The molecule has 0 bridgehead atoms. The summed E-state index contributed by atoms with van der Waals surface area (Å²) in [5.41, 5.74) is 15.8. The highest BCUT2D eigenvalue weighted by atomic mass is 15.1. The second-order valence-electron chi connectivity index (χ2n) is 12.1. The Morgan fingerprint density at radius 1 is 0.234 bits per heavy atom. The molecule has 0 saturated heterocycles. The molecule has 0 amide bonds. The van der Waals surface area contributed by atoms with Gasteiger partial charge in [-0.2, -0.15) is 0 Å². The van der Waals surface area contributed by atoms with Gasteiger partial charge in [0.25, 0.3) is 0 Å². The lowest BCUT2D eigenvalue weighted by molar-refractivity contribution is 1.29. The first-order valence-electron chi connectivity index (χ1n) is 16.2. The molecule has 8 aromatic rings. The van der Waals surface area contributed by atoms with E-state index in [1.807, 2.05) is 0 Å². The minimum Gasteiger partial charge on any atom is -0.310 e. The normalized spacial score (nSPS) is 11.4. The number of hydrogen-bond acceptors (Lipinski definition) is 1. The van der Waals surface area contributed by atoms with Crippen LogP contribution in [-0.4, -0.2) is 0 Å². The number of hydrogen-bond donors (Lipinski definition) is 0. The van der Waals surface area contributed by atoms with Gasteiger partial charge >= 0.3 is 0 Å². The minimum absolute atomic E-state index is 1.12. The zero-order chi connectivity index (χ0) is 31.2. The van der Waals surface area contributed by atoms with Crippen LogP contribution >= 0.6 is 0 Å². The van der Waals surface area contributed by atoms with Crippen molar-refractivity contribution in [3.05, 3.63) is 188 Å². The van der Waals surface area contributed by atoms with Crippen LogP contribution < -0.4 is 4.90 Å². The Kier molecular flexibility index (Phi) is 6.54. The van der Waals surface area contributed by atoms with Gasteiger partial charge in [0, 0.05) is 17.1 Å². The van der Waals surface area contributed by atoms with Crippen LogP contribution in [0.5, 0.6) is 0 Å². The molecule has 0 aliphatic heterocycles. The van der Waals surface area contributed by atoms with E-state index in [0.29, 0.717) is 0 Å². The number of benzene rings is 8. The molecule has 0 spiro atoms. The number of nitrogens with zero attached hydrogens (tertiary/aromatic N) is 1. The third-order valence-corrected chi connectivity index (χ3v) is 9.43. The zero-order valence-electron chi connectivity index (χ0n) is 25.8. The summed E-state index contributed by atoms with van der Waals surface area (Å²) in [6, 6.07) is 68.4. The lowest BCUT2D eigenvalue weighted by atomic mass is 9.81. The monoisotopic (exact) mass is 597 g/mol. The van der Waals surface area contributed by atoms with Crippen LogP contribution in [0.15, 0.2) is 188 Å². The second kappa shape index (κ2) is 11.3. The molecule has 0 unspecified atom stereocenters. The molecule has 9 rings (SSSR count). The maximum Gasteiger partial charge on any atom is 0.0468 e. The van der Waals surface area contributed by atoms with Crippen molar-refractivity contribution in [2.24, 2.45) is 0 Å².